The number of aryl methyl sites for hydroxylation is 1. The maximum absolute atomic E-state index is 7.26. The summed E-state index contributed by atoms with van der Waals surface area (Å²) in [6.45, 7) is 15.8. The molecule has 0 aliphatic carbocycles. The number of para-hydroxylation sites is 6. The van der Waals surface area contributed by atoms with Gasteiger partial charge in [0.15, 0.2) is 0 Å². The molecule has 2 aromatic heterocycles. The number of imidazole rings is 1. The standard InChI is InChI=1S/C82H67N5O.Pt/c1-55-50-78(83-53-67(55)58-40-42-59(43-41-58)80(2,3)4)87-74-37-19-16-34-70(74)82(68-32-14-17-35-72(68)86(73-36-18-15-33-69(73)82)61-46-44-60(45-47-61)81(5,6)7)71-49-48-64(52-77(71)87)88-63-29-22-28-62(51-63)84-54-85(76-39-21-20-38-75(76)84)79-65(56-24-10-8-11-25-56)30-23-31-66(79)57-26-12-9-13-27-57;/h8-53H,1-7H3;. The normalized spacial score (nSPS) is 13.2. The first-order valence-corrected chi connectivity index (χ1v) is 31.8. The molecular weight excluding hydrogens is 1270 g/mol. The molecule has 436 valence electrons. The summed E-state index contributed by atoms with van der Waals surface area (Å²) in [5, 5.41) is 0. The number of benzene rings is 11. The van der Waals surface area contributed by atoms with Crippen LogP contribution >= 0.6 is 0 Å². The van der Waals surface area contributed by atoms with Crippen LogP contribution < -0.4 is 14.5 Å². The summed E-state index contributed by atoms with van der Waals surface area (Å²) in [6, 6.07) is 99.5. The predicted molar refractivity (Wildman–Crippen MR) is 363 cm³/mol. The third-order valence-corrected chi connectivity index (χ3v) is 19.1. The van der Waals surface area contributed by atoms with Crippen molar-refractivity contribution in [2.75, 3.05) is 9.80 Å². The van der Waals surface area contributed by atoms with Crippen LogP contribution in [0.25, 0.3) is 55.8 Å². The fraction of sp³-hybridized carbons (Fsp3) is 0.122. The third-order valence-electron chi connectivity index (χ3n) is 18.1. The van der Waals surface area contributed by atoms with Gasteiger partial charge >= 0.3 is 306 Å². The third kappa shape index (κ3) is 9.34. The van der Waals surface area contributed by atoms with E-state index in [4.69, 9.17) is 9.72 Å². The van der Waals surface area contributed by atoms with Crippen molar-refractivity contribution in [1.82, 2.24) is 14.1 Å². The minimum Gasteiger partial charge on any atom is -0.0579 e. The van der Waals surface area contributed by atoms with E-state index >= 15 is 0 Å². The molecule has 15 rings (SSSR count). The van der Waals surface area contributed by atoms with E-state index in [0.717, 1.165) is 105 Å². The molecule has 13 aromatic rings. The molecule has 6 nitrogen and oxygen atoms in total. The number of rotatable bonds is 9. The van der Waals surface area contributed by atoms with Gasteiger partial charge in [-0.05, 0) is 64.3 Å². The molecule has 0 atom stereocenters. The molecule has 0 radical (unpaired) electrons. The van der Waals surface area contributed by atoms with Gasteiger partial charge in [-0.3, -0.25) is 0 Å². The predicted octanol–water partition coefficient (Wildman–Crippen LogP) is 21.5. The molecule has 0 unspecified atom stereocenters. The van der Waals surface area contributed by atoms with E-state index in [2.05, 4.69) is 366 Å². The zero-order chi connectivity index (χ0) is 60.8. The number of aromatic nitrogens is 3. The first-order valence-electron chi connectivity index (χ1n) is 30.7. The molecule has 2 aliphatic rings. The minimum atomic E-state index is -0.763. The summed E-state index contributed by atoms with van der Waals surface area (Å²) < 4.78 is 13.1. The van der Waals surface area contributed by atoms with Gasteiger partial charge in [0.2, 0.25) is 0 Å². The number of fused-ring (bicyclic) bond motifs is 9. The van der Waals surface area contributed by atoms with Gasteiger partial charge in [-0.15, -0.1) is 0 Å². The molecule has 7 heteroatoms. The number of nitrogens with zero attached hydrogens (tertiary/aromatic N) is 5. The summed E-state index contributed by atoms with van der Waals surface area (Å²) >= 11 is 2.53. The van der Waals surface area contributed by atoms with E-state index in [0.29, 0.717) is 11.5 Å². The molecule has 2 aliphatic heterocycles. The van der Waals surface area contributed by atoms with Gasteiger partial charge < -0.3 is 4.90 Å². The zero-order valence-electron chi connectivity index (χ0n) is 51.0. The summed E-state index contributed by atoms with van der Waals surface area (Å²) in [6.07, 6.45) is 2.06. The monoisotopic (exact) mass is 1330 g/mol. The molecule has 0 saturated carbocycles. The van der Waals surface area contributed by atoms with Crippen LogP contribution in [0.4, 0.5) is 34.3 Å². The van der Waals surface area contributed by atoms with E-state index in [1.807, 2.05) is 0 Å². The topological polar surface area (TPSA) is 38.5 Å². The molecule has 0 amide bonds. The van der Waals surface area contributed by atoms with Crippen molar-refractivity contribution in [2.24, 2.45) is 0 Å². The minimum absolute atomic E-state index is 0.0158. The smallest absolute Gasteiger partial charge is 0.0579 e. The Balaban J connectivity index is 0.902. The number of hydrogen-bond acceptors (Lipinski definition) is 4. The average Bonchev–Trinajstić information content (AvgIpc) is 1.14. The summed E-state index contributed by atoms with van der Waals surface area (Å²) in [5.41, 5.74) is 24.3. The van der Waals surface area contributed by atoms with E-state index < -0.39 is 5.41 Å². The second-order valence-corrected chi connectivity index (χ2v) is 26.6. The number of anilines is 6. The van der Waals surface area contributed by atoms with Crippen molar-refractivity contribution in [2.45, 2.75) is 64.7 Å². The van der Waals surface area contributed by atoms with Gasteiger partial charge in [0.1, 0.15) is 0 Å². The Kier molecular flexibility index (Phi) is 13.6. The Bertz CT molecular complexity index is 4830. The van der Waals surface area contributed by atoms with Crippen molar-refractivity contribution >= 4 is 45.3 Å². The Morgan fingerprint density at radius 1 is 0.382 bits per heavy atom. The Labute approximate surface area is 532 Å². The Hall–Kier alpha value is -9.87. The average molecular weight is 1330 g/mol. The van der Waals surface area contributed by atoms with Gasteiger partial charge in [-0.2, -0.15) is 0 Å². The van der Waals surface area contributed by atoms with Crippen LogP contribution in [0.3, 0.4) is 0 Å². The molecular formula is C82H67N5OPt. The van der Waals surface area contributed by atoms with Gasteiger partial charge in [0.05, 0.1) is 11.4 Å². The molecule has 11 aromatic carbocycles. The number of pyridine rings is 1. The van der Waals surface area contributed by atoms with Crippen LogP contribution in [-0.2, 0) is 35.6 Å². The van der Waals surface area contributed by atoms with E-state index in [1.165, 1.54) is 27.8 Å². The number of hydrogen-bond donors (Lipinski definition) is 0. The first kappa shape index (κ1) is 55.7. The van der Waals surface area contributed by atoms with Crippen LogP contribution in [0, 0.1) is 10.7 Å². The summed E-state index contributed by atoms with van der Waals surface area (Å²) in [7, 11) is 0. The van der Waals surface area contributed by atoms with Crippen LogP contribution in [0.2, 0.25) is 0 Å². The fourth-order valence-electron chi connectivity index (χ4n) is 13.8. The van der Waals surface area contributed by atoms with Gasteiger partial charge in [-0.25, -0.2) is 0 Å². The number of ether oxygens (including phenoxy) is 1. The second-order valence-electron chi connectivity index (χ2n) is 25.6. The molecule has 0 bridgehead atoms. The SMILES string of the molecule is Cc1cc(N2c3ccccc3C3(c4ccccc4N(c4ccc(C(C)(C)C)cc4)c4ccccc43)c3ccc(Oc4cccc(-n5[c](=[Pt])n(-c6c(-c7ccccc7)cccc6-c6ccccc6)c6ccccc65)c4)cc32)ncc1-c1ccc(C(C)(C)C)cc1. The van der Waals surface area contributed by atoms with Gasteiger partial charge in [-0.1, -0.05) is 133 Å². The van der Waals surface area contributed by atoms with Crippen LogP contribution in [-0.4, -0.2) is 14.1 Å². The summed E-state index contributed by atoms with van der Waals surface area (Å²) in [4.78, 5) is 10.3. The van der Waals surface area contributed by atoms with Crippen molar-refractivity contribution in [3.8, 4) is 56.3 Å². The molecule has 89 heavy (non-hydrogen) atoms. The van der Waals surface area contributed by atoms with Crippen LogP contribution in [0.15, 0.2) is 279 Å². The Morgan fingerprint density at radius 2 is 0.854 bits per heavy atom. The van der Waals surface area contributed by atoms with E-state index in [1.54, 1.807) is 0 Å². The summed E-state index contributed by atoms with van der Waals surface area (Å²) in [5.74, 6) is 2.24. The van der Waals surface area contributed by atoms with E-state index in [-0.39, 0.29) is 10.8 Å². The van der Waals surface area contributed by atoms with Gasteiger partial charge in [0.25, 0.3) is 0 Å². The van der Waals surface area contributed by atoms with Crippen molar-refractivity contribution < 1.29 is 24.1 Å². The van der Waals surface area contributed by atoms with Crippen LogP contribution in [0.5, 0.6) is 11.5 Å². The maximum atomic E-state index is 7.26. The van der Waals surface area contributed by atoms with E-state index in [9.17, 15) is 0 Å². The second kappa shape index (κ2) is 21.8. The molecule has 1 spiro atoms. The molecule has 0 fully saturated rings. The Morgan fingerprint density at radius 3 is 1.42 bits per heavy atom. The molecule has 0 N–H and O–H groups in total. The van der Waals surface area contributed by atoms with Crippen molar-refractivity contribution in [3.63, 3.8) is 0 Å². The molecule has 0 saturated heterocycles. The quantitative estimate of drug-likeness (QED) is 0.144. The van der Waals surface area contributed by atoms with Crippen molar-refractivity contribution in [3.05, 3.63) is 322 Å². The fourth-order valence-corrected chi connectivity index (χ4v) is 14.9. The molecule has 4 heterocycles. The first-order chi connectivity index (χ1) is 43.3. The van der Waals surface area contributed by atoms with Gasteiger partial charge in [0, 0.05) is 17.4 Å². The van der Waals surface area contributed by atoms with Crippen LogP contribution in [0.1, 0.15) is 80.5 Å². The van der Waals surface area contributed by atoms with Crippen molar-refractivity contribution in [1.29, 1.82) is 0 Å². The zero-order valence-corrected chi connectivity index (χ0v) is 53.3.